The number of carbonyl (C=O) groups excluding carboxylic acids is 3. The normalized spacial score (nSPS) is 11.5. The predicted molar refractivity (Wildman–Crippen MR) is 486 cm³/mol. The number of phenols is 1. The number of ether oxygens (including phenoxy) is 11. The number of halogens is 30. The topological polar surface area (TPSA) is 299 Å². The molecule has 0 heterocycles. The van der Waals surface area contributed by atoms with Gasteiger partial charge in [0.15, 0.2) is 19.8 Å². The molecule has 3 N–H and O–H groups in total. The number of hydrogen-bond donors (Lipinski definition) is 4. The first kappa shape index (κ1) is 133. The molecule has 0 fully saturated rings. The number of carboxylic acid groups (broad SMARTS) is 1. The lowest BCUT2D eigenvalue weighted by Crippen LogP contribution is -2.16. The number of esters is 3. The molecule has 0 aliphatic rings. The Morgan fingerprint density at radius 3 is 0.952 bits per heavy atom. The monoisotopic (exact) mass is 2290 g/mol. The van der Waals surface area contributed by atoms with Gasteiger partial charge in [0.2, 0.25) is 6.79 Å². The molecule has 0 saturated heterocycles. The second-order valence-corrected chi connectivity index (χ2v) is 35.3. The highest BCUT2D eigenvalue weighted by molar-refractivity contribution is 8.14. The van der Waals surface area contributed by atoms with Gasteiger partial charge in [-0.15, -0.1) is 47.8 Å². The Balaban J connectivity index is 0.000000877. The summed E-state index contributed by atoms with van der Waals surface area (Å²) in [6.07, 6.45) is -41.3. The molecule has 814 valence electrons. The predicted octanol–water partition coefficient (Wildman–Crippen LogP) is 26.6. The molecular weight excluding hydrogens is 2210 g/mol. The molecule has 9 aromatic rings. The molecule has 0 aromatic heterocycles. The Kier molecular flexibility index (Phi) is 54.3. The third-order valence-corrected chi connectivity index (χ3v) is 21.9. The van der Waals surface area contributed by atoms with Crippen molar-refractivity contribution in [3.8, 4) is 51.7 Å². The first-order chi connectivity index (χ1) is 67.2. The summed E-state index contributed by atoms with van der Waals surface area (Å²) in [6.45, 7) is 11.2. The fourth-order valence-electron chi connectivity index (χ4n) is 9.62. The summed E-state index contributed by atoms with van der Waals surface area (Å²) in [5.74, 6) is -5.80. The zero-order valence-corrected chi connectivity index (χ0v) is 81.2. The van der Waals surface area contributed by atoms with E-state index in [1.807, 2.05) is 0 Å². The van der Waals surface area contributed by atoms with E-state index < -0.39 is 213 Å². The van der Waals surface area contributed by atoms with E-state index in [-0.39, 0.29) is 83.2 Å². The van der Waals surface area contributed by atoms with E-state index in [1.54, 1.807) is 6.92 Å². The number of carbonyl (C=O) groups is 4. The molecule has 0 aliphatic carbocycles. The molecule has 0 saturated carbocycles. The van der Waals surface area contributed by atoms with Gasteiger partial charge in [-0.1, -0.05) is 39.3 Å². The lowest BCUT2D eigenvalue weighted by Gasteiger charge is -2.15. The van der Waals surface area contributed by atoms with Crippen molar-refractivity contribution in [1.29, 1.82) is 0 Å². The minimum absolute atomic E-state index is 0. The van der Waals surface area contributed by atoms with Crippen LogP contribution in [0.3, 0.4) is 0 Å². The lowest BCUT2D eigenvalue weighted by molar-refractivity contribution is -0.149. The van der Waals surface area contributed by atoms with Crippen LogP contribution in [0.4, 0.5) is 119 Å². The summed E-state index contributed by atoms with van der Waals surface area (Å²) >= 11 is 11.4. The van der Waals surface area contributed by atoms with E-state index in [0.717, 1.165) is 167 Å². The van der Waals surface area contributed by atoms with Crippen molar-refractivity contribution in [2.24, 2.45) is 0 Å². The average molecular weight is 2300 g/mol. The van der Waals surface area contributed by atoms with Crippen molar-refractivity contribution < 1.29 is 222 Å². The zero-order valence-electron chi connectivity index (χ0n) is 74.8. The SMILES string of the molecule is C.C=C(CCl)COc1ccc(C(F)(F)F)cc1.C=C(COc1ccc(C(F)(F)F)cc1)CSc1ccc(OCC(=O)O)c(C(F)(F)F)c1.C=C(COc1ccc(C(F)(F)F)cc1)CSc1ccc(OCOC(C)=O)c(C(F)(F)F)c1.CCOc1ccc(S)cc1C(F)(F)F.CO.COC(=O)COc1ccc(S(=O)(=O)Cl)cc1C(F)(F)F.COC(=O)COc1ccc(S(=O)(=O)Cl)cc1C(F)(F)F.Oc1ccccc1C(F)(F)F. The number of alkyl halides is 28. The number of thioether (sulfide) groups is 2. The van der Waals surface area contributed by atoms with Crippen LogP contribution in [0.2, 0.25) is 0 Å². The molecule has 0 atom stereocenters. The third kappa shape index (κ3) is 50.6. The maximum atomic E-state index is 13.3. The first-order valence-corrected chi connectivity index (χ1v) is 46.6. The number of methoxy groups -OCH3 is 2. The van der Waals surface area contributed by atoms with E-state index >= 15 is 0 Å². The molecular formula is C90H82Cl3F27O22S5. The van der Waals surface area contributed by atoms with Crippen molar-refractivity contribution in [3.63, 3.8) is 0 Å². The molecule has 22 nitrogen and oxygen atoms in total. The third-order valence-electron chi connectivity index (χ3n) is 16.3. The highest BCUT2D eigenvalue weighted by Crippen LogP contribution is 2.46. The van der Waals surface area contributed by atoms with Crippen LogP contribution >= 0.6 is 69.1 Å². The van der Waals surface area contributed by atoms with Crippen LogP contribution in [-0.4, -0.2) is 148 Å². The average Bonchev–Trinajstić information content (AvgIpc) is 0.790. The standard InChI is InChI=1S/C21H18F6O4S.C20H16F6O4S.C11H10ClF3O.2C10H8ClF3O5S.C9H9F3OS.C7H5F3O.CH4O.CH4/c1-13(10-29-16-5-3-15(4-6-16)20(22,23)24)11-32-17-7-8-19(31-12-30-14(2)28)18(9-17)21(25,26)27;1-12(9-29-14-4-2-13(3-5-14)19(21,22)23)11-31-15-6-7-17(30-10-18(27)28)16(8-15)20(24,25)26;1-8(6-12)7-16-10-4-2-9(3-5-10)11(13,14)15;2*1-18-9(15)5-19-8-3-2-6(20(11,16)17)4-7(8)10(12,13)14;1-2-13-8-4-3-6(14)5-7(8)9(10,11)12;8-7(9,10)5-3-1-2-4-6(5)11;1-2;/h3-9H,1,10-12H2,2H3;2-8H,1,9-11H2,(H,27,28);2-5H,1,6-7H2;2*2-4H,5H2,1H3;3-5,14H,2H2,1H3;1-4,11H;2H,1H3;1H4. The largest absolute Gasteiger partial charge is 0.507 e. The molecule has 0 bridgehead atoms. The van der Waals surface area contributed by atoms with Gasteiger partial charge >= 0.3 is 79.5 Å². The molecule has 0 unspecified atom stereocenters. The van der Waals surface area contributed by atoms with Crippen LogP contribution in [0, 0.1) is 0 Å². The highest BCUT2D eigenvalue weighted by atomic mass is 35.7. The number of phenolic OH excluding ortho intramolecular Hbond substituents is 1. The molecule has 0 spiro atoms. The van der Waals surface area contributed by atoms with Crippen LogP contribution < -0.4 is 37.9 Å². The van der Waals surface area contributed by atoms with Gasteiger partial charge < -0.3 is 67.4 Å². The van der Waals surface area contributed by atoms with Crippen LogP contribution in [-0.2, 0) is 107 Å². The molecule has 0 aliphatic heterocycles. The van der Waals surface area contributed by atoms with Crippen LogP contribution in [0.1, 0.15) is 71.3 Å². The van der Waals surface area contributed by atoms with Gasteiger partial charge in [0.1, 0.15) is 71.6 Å². The quantitative estimate of drug-likeness (QED) is 0.00350. The maximum Gasteiger partial charge on any atom is 0.420 e. The summed E-state index contributed by atoms with van der Waals surface area (Å²) in [5, 5.41) is 24.3. The van der Waals surface area contributed by atoms with E-state index in [0.29, 0.717) is 34.6 Å². The minimum Gasteiger partial charge on any atom is -0.507 e. The van der Waals surface area contributed by atoms with E-state index in [4.69, 9.17) is 72.0 Å². The Labute approximate surface area is 847 Å². The van der Waals surface area contributed by atoms with Crippen LogP contribution in [0.15, 0.2) is 249 Å². The summed E-state index contributed by atoms with van der Waals surface area (Å²) in [6, 6.07) is 31.3. The van der Waals surface area contributed by atoms with Crippen LogP contribution in [0.25, 0.3) is 0 Å². The second-order valence-electron chi connectivity index (χ2n) is 27.3. The fraction of sp³-hybridized carbons (Fsp3) is 0.289. The van der Waals surface area contributed by atoms with Crippen molar-refractivity contribution in [2.75, 3.05) is 91.8 Å². The second kappa shape index (κ2) is 60.0. The number of aromatic hydroxyl groups is 1. The Hall–Kier alpha value is -11.8. The van der Waals surface area contributed by atoms with Crippen LogP contribution in [0.5, 0.6) is 51.7 Å². The summed E-state index contributed by atoms with van der Waals surface area (Å²) in [7, 11) is 4.40. The van der Waals surface area contributed by atoms with Crippen molar-refractivity contribution in [1.82, 2.24) is 0 Å². The summed E-state index contributed by atoms with van der Waals surface area (Å²) in [4.78, 5) is 42.2. The van der Waals surface area contributed by atoms with E-state index in [1.165, 1.54) is 60.7 Å². The Morgan fingerprint density at radius 1 is 0.374 bits per heavy atom. The molecule has 0 amide bonds. The fourth-order valence-corrected chi connectivity index (χ4v) is 13.1. The Bertz CT molecular complexity index is 5880. The molecule has 57 heteroatoms. The highest BCUT2D eigenvalue weighted by Gasteiger charge is 2.42. The van der Waals surface area contributed by atoms with Crippen molar-refractivity contribution in [2.45, 2.75) is 101 Å². The number of aliphatic hydroxyl groups is 1. The summed E-state index contributed by atoms with van der Waals surface area (Å²) in [5.41, 5.74) is -7.28. The molecule has 0 radical (unpaired) electrons. The van der Waals surface area contributed by atoms with E-state index in [2.05, 4.69) is 60.8 Å². The number of rotatable bonds is 32. The number of carboxylic acids is 1. The lowest BCUT2D eigenvalue weighted by atomic mass is 10.2. The molecule has 147 heavy (non-hydrogen) atoms. The van der Waals surface area contributed by atoms with E-state index in [9.17, 15) is 155 Å². The van der Waals surface area contributed by atoms with Crippen molar-refractivity contribution in [3.05, 3.63) is 275 Å². The van der Waals surface area contributed by atoms with Crippen molar-refractivity contribution >= 4 is 111 Å². The number of aliphatic carboxylic acids is 1. The number of thiol groups is 1. The van der Waals surface area contributed by atoms with Gasteiger partial charge in [0.05, 0.1) is 80.7 Å². The number of benzene rings is 9. The van der Waals surface area contributed by atoms with Gasteiger partial charge in [0.25, 0.3) is 18.1 Å². The zero-order chi connectivity index (χ0) is 112. The minimum atomic E-state index is -4.87. The Morgan fingerprint density at radius 2 is 0.667 bits per heavy atom. The summed E-state index contributed by atoms with van der Waals surface area (Å²) < 4.78 is 438. The smallest absolute Gasteiger partial charge is 0.420 e. The van der Waals surface area contributed by atoms with Gasteiger partial charge in [-0.3, -0.25) is 4.79 Å². The maximum absolute atomic E-state index is 13.3. The first-order valence-electron chi connectivity index (χ1n) is 39.0. The molecule has 9 aromatic carbocycles. The number of aliphatic hydroxyl groups excluding tert-OH is 1. The number of hydrogen-bond acceptors (Lipinski definition) is 24. The molecule has 9 rings (SSSR count). The van der Waals surface area contributed by atoms with Gasteiger partial charge in [0, 0.05) is 67.5 Å². The van der Waals surface area contributed by atoms with Gasteiger partial charge in [-0.2, -0.15) is 119 Å². The number of para-hydroxylation sites is 1. The van der Waals surface area contributed by atoms with Gasteiger partial charge in [-0.05, 0) is 200 Å². The van der Waals surface area contributed by atoms with Gasteiger partial charge in [-0.25, -0.2) is 31.2 Å².